The van der Waals surface area contributed by atoms with Crippen molar-refractivity contribution in [2.75, 3.05) is 18.0 Å². The summed E-state index contributed by atoms with van der Waals surface area (Å²) in [5.74, 6) is 2.15. The zero-order valence-corrected chi connectivity index (χ0v) is 12.6. The highest BCUT2D eigenvalue weighted by molar-refractivity contribution is 5.68. The number of nitriles is 2. The second-order valence-corrected chi connectivity index (χ2v) is 6.12. The highest BCUT2D eigenvalue weighted by Crippen LogP contribution is 2.39. The van der Waals surface area contributed by atoms with Gasteiger partial charge in [-0.2, -0.15) is 15.5 Å². The third-order valence-corrected chi connectivity index (χ3v) is 4.53. The van der Waals surface area contributed by atoms with Crippen molar-refractivity contribution in [3.63, 3.8) is 0 Å². The number of hydrogen-bond donors (Lipinski definition) is 0. The summed E-state index contributed by atoms with van der Waals surface area (Å²) in [7, 11) is 0. The zero-order valence-electron chi connectivity index (χ0n) is 12.6. The van der Waals surface area contributed by atoms with Gasteiger partial charge in [0, 0.05) is 19.0 Å². The summed E-state index contributed by atoms with van der Waals surface area (Å²) >= 11 is 0. The average molecular weight is 305 g/mol. The molecule has 0 spiro atoms. The first-order chi connectivity index (χ1) is 11.3. The molecule has 4 rings (SSSR count). The van der Waals surface area contributed by atoms with Crippen LogP contribution in [-0.2, 0) is 0 Å². The van der Waals surface area contributed by atoms with E-state index in [0.717, 1.165) is 37.3 Å². The highest BCUT2D eigenvalue weighted by atomic mass is 16.5. The maximum Gasteiger partial charge on any atom is 0.231 e. The summed E-state index contributed by atoms with van der Waals surface area (Å²) in [5, 5.41) is 22.7. The molecule has 114 valence electrons. The Labute approximate surface area is 133 Å². The zero-order chi connectivity index (χ0) is 15.8. The fourth-order valence-electron chi connectivity index (χ4n) is 3.15. The summed E-state index contributed by atoms with van der Waals surface area (Å²) in [6.45, 7) is 1.47. The number of hydrogen-bond acceptors (Lipinski definition) is 6. The minimum absolute atomic E-state index is 0.160. The Hall–Kier alpha value is -2.86. The monoisotopic (exact) mass is 305 g/mol. The molecular formula is C17H15N5O. The smallest absolute Gasteiger partial charge is 0.231 e. The third-order valence-electron chi connectivity index (χ3n) is 4.53. The Kier molecular flexibility index (Phi) is 3.24. The van der Waals surface area contributed by atoms with E-state index in [2.05, 4.69) is 27.2 Å². The molecule has 2 aromatic rings. The molecule has 1 aliphatic carbocycles. The molecule has 0 amide bonds. The van der Waals surface area contributed by atoms with E-state index >= 15 is 0 Å². The molecule has 1 saturated heterocycles. The van der Waals surface area contributed by atoms with Gasteiger partial charge < -0.3 is 9.42 Å². The summed E-state index contributed by atoms with van der Waals surface area (Å²) in [6.07, 6.45) is 3.19. The van der Waals surface area contributed by atoms with Crippen LogP contribution in [0, 0.1) is 22.7 Å². The molecule has 2 fully saturated rings. The second-order valence-electron chi connectivity index (χ2n) is 6.12. The predicted octanol–water partition coefficient (Wildman–Crippen LogP) is 2.68. The van der Waals surface area contributed by atoms with Gasteiger partial charge in [0.05, 0.1) is 22.7 Å². The van der Waals surface area contributed by atoms with E-state index in [4.69, 9.17) is 4.52 Å². The third kappa shape index (κ3) is 2.43. The summed E-state index contributed by atoms with van der Waals surface area (Å²) in [5.41, 5.74) is 1.80. The van der Waals surface area contributed by atoms with E-state index in [9.17, 15) is 10.5 Å². The first kappa shape index (κ1) is 13.8. The molecule has 2 heterocycles. The van der Waals surface area contributed by atoms with Crippen molar-refractivity contribution in [2.24, 2.45) is 0 Å². The van der Waals surface area contributed by atoms with Crippen molar-refractivity contribution < 1.29 is 4.52 Å². The fraction of sp³-hybridized carbons (Fsp3) is 0.412. The van der Waals surface area contributed by atoms with Gasteiger partial charge in [-0.1, -0.05) is 11.2 Å². The molecule has 1 unspecified atom stereocenters. The first-order valence-corrected chi connectivity index (χ1v) is 7.82. The number of aromatic nitrogens is 2. The number of benzene rings is 1. The van der Waals surface area contributed by atoms with E-state index in [1.165, 1.54) is 0 Å². The van der Waals surface area contributed by atoms with Crippen LogP contribution >= 0.6 is 0 Å². The summed E-state index contributed by atoms with van der Waals surface area (Å²) in [4.78, 5) is 6.62. The van der Waals surface area contributed by atoms with Crippen molar-refractivity contribution >= 4 is 5.69 Å². The molecule has 0 bridgehead atoms. The van der Waals surface area contributed by atoms with Crippen LogP contribution in [0.1, 0.15) is 53.9 Å². The lowest BCUT2D eigenvalue weighted by atomic mass is 10.1. The Morgan fingerprint density at radius 1 is 1.09 bits per heavy atom. The van der Waals surface area contributed by atoms with Crippen molar-refractivity contribution in [1.29, 1.82) is 10.5 Å². The van der Waals surface area contributed by atoms with Crippen LogP contribution in [0.15, 0.2) is 22.7 Å². The molecule has 1 aliphatic heterocycles. The van der Waals surface area contributed by atoms with Crippen LogP contribution in [-0.4, -0.2) is 23.2 Å². The maximum atomic E-state index is 9.33. The van der Waals surface area contributed by atoms with Crippen LogP contribution in [0.5, 0.6) is 0 Å². The largest absolute Gasteiger partial charge is 0.369 e. The molecule has 0 radical (unpaired) electrons. The number of anilines is 1. The van der Waals surface area contributed by atoms with Crippen LogP contribution in [0.25, 0.3) is 0 Å². The van der Waals surface area contributed by atoms with Gasteiger partial charge in [-0.3, -0.25) is 0 Å². The number of rotatable bonds is 3. The molecule has 1 atom stereocenters. The lowest BCUT2D eigenvalue weighted by Gasteiger charge is -2.20. The Bertz CT molecular complexity index is 792. The van der Waals surface area contributed by atoms with Gasteiger partial charge in [0.2, 0.25) is 5.89 Å². The molecule has 2 aliphatic rings. The lowest BCUT2D eigenvalue weighted by Crippen LogP contribution is -2.21. The Morgan fingerprint density at radius 3 is 2.48 bits per heavy atom. The van der Waals surface area contributed by atoms with Crippen molar-refractivity contribution in [3.05, 3.63) is 41.0 Å². The van der Waals surface area contributed by atoms with Gasteiger partial charge in [0.25, 0.3) is 0 Å². The van der Waals surface area contributed by atoms with Crippen LogP contribution in [0.4, 0.5) is 5.69 Å². The maximum absolute atomic E-state index is 9.33. The van der Waals surface area contributed by atoms with Gasteiger partial charge in [-0.15, -0.1) is 0 Å². The quantitative estimate of drug-likeness (QED) is 0.866. The van der Waals surface area contributed by atoms with E-state index in [0.29, 0.717) is 29.5 Å². The second kappa shape index (κ2) is 5.40. The number of para-hydroxylation sites is 1. The number of nitrogens with zero attached hydrogens (tertiary/aromatic N) is 5. The summed E-state index contributed by atoms with van der Waals surface area (Å²) < 4.78 is 5.43. The van der Waals surface area contributed by atoms with Gasteiger partial charge in [-0.25, -0.2) is 0 Å². The summed E-state index contributed by atoms with van der Waals surface area (Å²) in [6, 6.07) is 9.62. The van der Waals surface area contributed by atoms with Gasteiger partial charge in [0.1, 0.15) is 12.1 Å². The lowest BCUT2D eigenvalue weighted by molar-refractivity contribution is 0.355. The normalized spacial score (nSPS) is 20.3. The van der Waals surface area contributed by atoms with E-state index in [-0.39, 0.29) is 5.92 Å². The average Bonchev–Trinajstić information content (AvgIpc) is 3.13. The van der Waals surface area contributed by atoms with Crippen molar-refractivity contribution in [3.8, 4) is 12.1 Å². The molecule has 23 heavy (non-hydrogen) atoms. The first-order valence-electron chi connectivity index (χ1n) is 7.82. The van der Waals surface area contributed by atoms with Gasteiger partial charge in [-0.05, 0) is 31.4 Å². The molecule has 1 aromatic carbocycles. The van der Waals surface area contributed by atoms with E-state index in [1.54, 1.807) is 18.2 Å². The highest BCUT2D eigenvalue weighted by Gasteiger charge is 2.33. The molecule has 6 nitrogen and oxygen atoms in total. The molecule has 1 aromatic heterocycles. The predicted molar refractivity (Wildman–Crippen MR) is 81.7 cm³/mol. The van der Waals surface area contributed by atoms with Crippen LogP contribution in [0.2, 0.25) is 0 Å². The minimum atomic E-state index is 0.160. The van der Waals surface area contributed by atoms with E-state index < -0.39 is 0 Å². The molecular weight excluding hydrogens is 290 g/mol. The topological polar surface area (TPSA) is 89.7 Å². The van der Waals surface area contributed by atoms with Gasteiger partial charge >= 0.3 is 0 Å². The van der Waals surface area contributed by atoms with E-state index in [1.807, 2.05) is 0 Å². The standard InChI is InChI=1S/C17H15N5O/c18-8-12-2-1-3-13(9-19)15(12)22-7-6-14(10-22)17-20-16(21-23-17)11-4-5-11/h1-3,11,14H,4-7,10H2. The molecule has 6 heteroatoms. The van der Waals surface area contributed by atoms with Crippen molar-refractivity contribution in [2.45, 2.75) is 31.1 Å². The van der Waals surface area contributed by atoms with Crippen molar-refractivity contribution in [1.82, 2.24) is 10.1 Å². The molecule has 1 saturated carbocycles. The van der Waals surface area contributed by atoms with Crippen LogP contribution < -0.4 is 4.90 Å². The minimum Gasteiger partial charge on any atom is -0.369 e. The Morgan fingerprint density at radius 2 is 1.83 bits per heavy atom. The SMILES string of the molecule is N#Cc1cccc(C#N)c1N1CCC(c2nc(C3CC3)no2)C1. The van der Waals surface area contributed by atoms with Crippen LogP contribution in [0.3, 0.4) is 0 Å². The molecule has 0 N–H and O–H groups in total. The Balaban J connectivity index is 1.59. The van der Waals surface area contributed by atoms with Gasteiger partial charge in [0.15, 0.2) is 5.82 Å². The fourth-order valence-corrected chi connectivity index (χ4v) is 3.15.